The Kier molecular flexibility index (Phi) is 5.62. The summed E-state index contributed by atoms with van der Waals surface area (Å²) in [6.45, 7) is 9.41. The van der Waals surface area contributed by atoms with Crippen molar-refractivity contribution in [2.45, 2.75) is 45.6 Å². The predicted octanol–water partition coefficient (Wildman–Crippen LogP) is 1.40. The summed E-state index contributed by atoms with van der Waals surface area (Å²) in [4.78, 5) is 28.3. The van der Waals surface area contributed by atoms with Gasteiger partial charge in [-0.15, -0.1) is 0 Å². The van der Waals surface area contributed by atoms with Gasteiger partial charge in [-0.2, -0.15) is 0 Å². The quantitative estimate of drug-likeness (QED) is 0.799. The molecule has 1 fully saturated rings. The zero-order chi connectivity index (χ0) is 16.2. The summed E-state index contributed by atoms with van der Waals surface area (Å²) < 4.78 is 0. The average Bonchev–Trinajstić information content (AvgIpc) is 2.90. The maximum absolute atomic E-state index is 12.3. The first-order valence-corrected chi connectivity index (χ1v) is 8.31. The van der Waals surface area contributed by atoms with Crippen LogP contribution in [0.1, 0.15) is 40.0 Å². The molecule has 5 nitrogen and oxygen atoms in total. The Hall–Kier alpha value is -1.36. The van der Waals surface area contributed by atoms with Crippen LogP contribution < -0.4 is 5.32 Å². The van der Waals surface area contributed by atoms with E-state index in [4.69, 9.17) is 0 Å². The Morgan fingerprint density at radius 3 is 2.41 bits per heavy atom. The fourth-order valence-corrected chi connectivity index (χ4v) is 3.03. The molecule has 5 heteroatoms. The van der Waals surface area contributed by atoms with Crippen molar-refractivity contribution in [1.29, 1.82) is 0 Å². The first-order chi connectivity index (χ1) is 10.3. The SMILES string of the molecule is CC(C)(C)NC(=O)CN1CCN(C(=O)C[C@H]2C=CCC2)CC1. The molecular formula is C17H29N3O2. The summed E-state index contributed by atoms with van der Waals surface area (Å²) in [5, 5.41) is 2.98. The van der Waals surface area contributed by atoms with Crippen LogP contribution in [-0.4, -0.2) is 59.9 Å². The van der Waals surface area contributed by atoms with Gasteiger partial charge < -0.3 is 10.2 Å². The number of amides is 2. The molecule has 0 unspecified atom stereocenters. The number of rotatable bonds is 4. The van der Waals surface area contributed by atoms with Crippen molar-refractivity contribution in [1.82, 2.24) is 15.1 Å². The summed E-state index contributed by atoms with van der Waals surface area (Å²) in [5.41, 5.74) is -0.191. The van der Waals surface area contributed by atoms with Gasteiger partial charge in [-0.3, -0.25) is 14.5 Å². The van der Waals surface area contributed by atoms with E-state index in [1.165, 1.54) is 0 Å². The van der Waals surface area contributed by atoms with Crippen molar-refractivity contribution in [3.8, 4) is 0 Å². The number of carbonyl (C=O) groups is 2. The minimum atomic E-state index is -0.191. The Labute approximate surface area is 133 Å². The summed E-state index contributed by atoms with van der Waals surface area (Å²) in [7, 11) is 0. The molecule has 1 N–H and O–H groups in total. The summed E-state index contributed by atoms with van der Waals surface area (Å²) in [5.74, 6) is 0.752. The maximum Gasteiger partial charge on any atom is 0.234 e. The topological polar surface area (TPSA) is 52.7 Å². The van der Waals surface area contributed by atoms with Gasteiger partial charge in [0.05, 0.1) is 6.54 Å². The van der Waals surface area contributed by atoms with E-state index < -0.39 is 0 Å². The van der Waals surface area contributed by atoms with Crippen molar-refractivity contribution in [2.75, 3.05) is 32.7 Å². The lowest BCUT2D eigenvalue weighted by molar-refractivity contribution is -0.134. The number of piperazine rings is 1. The number of allylic oxidation sites excluding steroid dienone is 2. The van der Waals surface area contributed by atoms with E-state index in [1.54, 1.807) is 0 Å². The van der Waals surface area contributed by atoms with E-state index in [0.717, 1.165) is 39.0 Å². The van der Waals surface area contributed by atoms with Gasteiger partial charge >= 0.3 is 0 Å². The zero-order valence-electron chi connectivity index (χ0n) is 14.1. The van der Waals surface area contributed by atoms with E-state index in [1.807, 2.05) is 25.7 Å². The number of hydrogen-bond donors (Lipinski definition) is 1. The van der Waals surface area contributed by atoms with Crippen molar-refractivity contribution < 1.29 is 9.59 Å². The minimum absolute atomic E-state index is 0.0587. The van der Waals surface area contributed by atoms with Gasteiger partial charge in [-0.1, -0.05) is 12.2 Å². The molecule has 0 aromatic rings. The molecule has 1 atom stereocenters. The zero-order valence-corrected chi connectivity index (χ0v) is 14.1. The predicted molar refractivity (Wildman–Crippen MR) is 87.4 cm³/mol. The van der Waals surface area contributed by atoms with Crippen LogP contribution in [0.15, 0.2) is 12.2 Å². The molecule has 2 amide bonds. The highest BCUT2D eigenvalue weighted by molar-refractivity contribution is 5.79. The van der Waals surface area contributed by atoms with Crippen LogP contribution in [0.3, 0.4) is 0 Å². The molecule has 1 saturated heterocycles. The number of nitrogens with zero attached hydrogens (tertiary/aromatic N) is 2. The minimum Gasteiger partial charge on any atom is -0.350 e. The Balaban J connectivity index is 1.70. The molecule has 0 saturated carbocycles. The van der Waals surface area contributed by atoms with Crippen LogP contribution in [0, 0.1) is 5.92 Å². The second-order valence-corrected chi connectivity index (χ2v) is 7.42. The lowest BCUT2D eigenvalue weighted by Gasteiger charge is -2.35. The molecule has 0 bridgehead atoms. The van der Waals surface area contributed by atoms with Crippen LogP contribution in [0.5, 0.6) is 0 Å². The average molecular weight is 307 g/mol. The number of carbonyl (C=O) groups excluding carboxylic acids is 2. The fourth-order valence-electron chi connectivity index (χ4n) is 3.03. The van der Waals surface area contributed by atoms with Crippen molar-refractivity contribution in [2.24, 2.45) is 5.92 Å². The number of hydrogen-bond acceptors (Lipinski definition) is 3. The smallest absolute Gasteiger partial charge is 0.234 e. The highest BCUT2D eigenvalue weighted by Gasteiger charge is 2.25. The van der Waals surface area contributed by atoms with E-state index in [-0.39, 0.29) is 17.4 Å². The highest BCUT2D eigenvalue weighted by atomic mass is 16.2. The molecule has 124 valence electrons. The second kappa shape index (κ2) is 7.27. The Bertz CT molecular complexity index is 432. The summed E-state index contributed by atoms with van der Waals surface area (Å²) >= 11 is 0. The molecule has 2 aliphatic rings. The Morgan fingerprint density at radius 2 is 1.86 bits per heavy atom. The van der Waals surface area contributed by atoms with E-state index in [9.17, 15) is 9.59 Å². The second-order valence-electron chi connectivity index (χ2n) is 7.42. The molecule has 1 aliphatic heterocycles. The van der Waals surface area contributed by atoms with Gasteiger partial charge in [-0.25, -0.2) is 0 Å². The largest absolute Gasteiger partial charge is 0.350 e. The molecule has 0 radical (unpaired) electrons. The van der Waals surface area contributed by atoms with Gasteiger partial charge in [-0.05, 0) is 39.5 Å². The molecular weight excluding hydrogens is 278 g/mol. The van der Waals surface area contributed by atoms with Crippen LogP contribution >= 0.6 is 0 Å². The van der Waals surface area contributed by atoms with Gasteiger partial charge in [0.1, 0.15) is 0 Å². The van der Waals surface area contributed by atoms with Crippen LogP contribution in [0.2, 0.25) is 0 Å². The molecule has 2 rings (SSSR count). The summed E-state index contributed by atoms with van der Waals surface area (Å²) in [6.07, 6.45) is 7.20. The van der Waals surface area contributed by atoms with E-state index in [0.29, 0.717) is 18.9 Å². The van der Waals surface area contributed by atoms with Gasteiger partial charge in [0.25, 0.3) is 0 Å². The summed E-state index contributed by atoms with van der Waals surface area (Å²) in [6, 6.07) is 0. The molecule has 0 aromatic carbocycles. The lowest BCUT2D eigenvalue weighted by Crippen LogP contribution is -2.53. The van der Waals surface area contributed by atoms with Gasteiger partial charge in [0, 0.05) is 38.1 Å². The van der Waals surface area contributed by atoms with Gasteiger partial charge in [0.2, 0.25) is 11.8 Å². The molecule has 0 aromatic heterocycles. The third-order valence-electron chi connectivity index (χ3n) is 4.16. The van der Waals surface area contributed by atoms with Gasteiger partial charge in [0.15, 0.2) is 0 Å². The highest BCUT2D eigenvalue weighted by Crippen LogP contribution is 2.21. The maximum atomic E-state index is 12.3. The number of nitrogens with one attached hydrogen (secondary N) is 1. The van der Waals surface area contributed by atoms with E-state index in [2.05, 4.69) is 22.4 Å². The first-order valence-electron chi connectivity index (χ1n) is 8.31. The lowest BCUT2D eigenvalue weighted by atomic mass is 10.0. The third-order valence-corrected chi connectivity index (χ3v) is 4.16. The van der Waals surface area contributed by atoms with E-state index >= 15 is 0 Å². The fraction of sp³-hybridized carbons (Fsp3) is 0.765. The van der Waals surface area contributed by atoms with Crippen molar-refractivity contribution >= 4 is 11.8 Å². The first kappa shape index (κ1) is 17.0. The molecule has 1 aliphatic carbocycles. The molecule has 22 heavy (non-hydrogen) atoms. The Morgan fingerprint density at radius 1 is 1.18 bits per heavy atom. The van der Waals surface area contributed by atoms with Crippen LogP contribution in [-0.2, 0) is 9.59 Å². The normalized spacial score (nSPS) is 22.9. The molecule has 1 heterocycles. The van der Waals surface area contributed by atoms with Crippen LogP contribution in [0.25, 0.3) is 0 Å². The van der Waals surface area contributed by atoms with Crippen molar-refractivity contribution in [3.63, 3.8) is 0 Å². The third kappa shape index (κ3) is 5.44. The van der Waals surface area contributed by atoms with Crippen molar-refractivity contribution in [3.05, 3.63) is 12.2 Å². The standard InChI is InChI=1S/C17H29N3O2/c1-17(2,3)18-15(21)13-19-8-10-20(11-9-19)16(22)12-14-6-4-5-7-14/h4,6,14H,5,7-13H2,1-3H3,(H,18,21)/t14-/m0/s1. The van der Waals surface area contributed by atoms with Crippen LogP contribution in [0.4, 0.5) is 0 Å². The molecule has 0 spiro atoms. The monoisotopic (exact) mass is 307 g/mol.